The summed E-state index contributed by atoms with van der Waals surface area (Å²) < 4.78 is 83.7. The first kappa shape index (κ1) is 16.2. The monoisotopic (exact) mass is 365 g/mol. The smallest absolute Gasteiger partial charge is 0.494 e. The molecule has 24 heavy (non-hydrogen) atoms. The van der Waals surface area contributed by atoms with Crippen LogP contribution in [0.1, 0.15) is 0 Å². The molecule has 0 amide bonds. The number of alkyl halides is 3. The van der Waals surface area contributed by atoms with Gasteiger partial charge in [-0.05, 0) is 0 Å². The van der Waals surface area contributed by atoms with Crippen LogP contribution in [0.25, 0.3) is 16.7 Å². The molecule has 2 heterocycles. The first-order valence-corrected chi connectivity index (χ1v) is 7.56. The topological polar surface area (TPSA) is 82.8 Å². The summed E-state index contributed by atoms with van der Waals surface area (Å²) in [7, 11) is -4.75. The van der Waals surface area contributed by atoms with Crippen LogP contribution in [0.5, 0.6) is 11.6 Å². The van der Waals surface area contributed by atoms with E-state index < -0.39 is 27.3 Å². The number of halogens is 4. The predicted octanol–water partition coefficient (Wildman–Crippen LogP) is 2.26. The van der Waals surface area contributed by atoms with Crippen LogP contribution in [0.3, 0.4) is 0 Å². The van der Waals surface area contributed by atoms with Gasteiger partial charge in [-0.3, -0.25) is 4.40 Å². The average molecular weight is 365 g/mol. The van der Waals surface area contributed by atoms with Gasteiger partial charge in [0.05, 0.1) is 12.6 Å². The van der Waals surface area contributed by atoms with Crippen LogP contribution in [-0.2, 0) is 10.1 Å². The largest absolute Gasteiger partial charge is 0.534 e. The van der Waals surface area contributed by atoms with Gasteiger partial charge in [-0.15, -0.1) is 0 Å². The minimum absolute atomic E-state index is 0.100. The fourth-order valence-corrected chi connectivity index (χ4v) is 2.44. The lowest BCUT2D eigenvalue weighted by atomic mass is 10.2. The van der Waals surface area contributed by atoms with Gasteiger partial charge in [0.25, 0.3) is 5.88 Å². The van der Waals surface area contributed by atoms with Gasteiger partial charge in [0, 0.05) is 24.5 Å². The molecule has 2 aromatic heterocycles. The molecule has 0 radical (unpaired) electrons. The second kappa shape index (κ2) is 5.19. The molecule has 12 heteroatoms. The molecular weight excluding hydrogens is 358 g/mol. The maximum absolute atomic E-state index is 13.6. The molecular formula is C12H7F4N3O4S. The van der Waals surface area contributed by atoms with E-state index in [1.54, 1.807) is 0 Å². The minimum atomic E-state index is -5.95. The molecule has 0 unspecified atom stereocenters. The molecule has 7 nitrogen and oxygen atoms in total. The van der Waals surface area contributed by atoms with Crippen molar-refractivity contribution in [1.82, 2.24) is 14.4 Å². The highest BCUT2D eigenvalue weighted by atomic mass is 32.2. The van der Waals surface area contributed by atoms with Gasteiger partial charge >= 0.3 is 15.6 Å². The van der Waals surface area contributed by atoms with E-state index in [0.717, 1.165) is 16.5 Å². The van der Waals surface area contributed by atoms with Crippen LogP contribution in [0.2, 0.25) is 0 Å². The Kier molecular flexibility index (Phi) is 3.51. The molecule has 3 rings (SSSR count). The van der Waals surface area contributed by atoms with Gasteiger partial charge in [0.1, 0.15) is 17.1 Å². The van der Waals surface area contributed by atoms with Crippen molar-refractivity contribution in [2.24, 2.45) is 0 Å². The maximum atomic E-state index is 13.6. The number of aromatic nitrogens is 3. The summed E-state index contributed by atoms with van der Waals surface area (Å²) in [6.07, 6.45) is 2.45. The Hall–Kier alpha value is -2.63. The average Bonchev–Trinajstić information content (AvgIpc) is 2.96. The zero-order chi connectivity index (χ0) is 17.7. The second-order valence-electron chi connectivity index (χ2n) is 4.50. The molecule has 0 N–H and O–H groups in total. The van der Waals surface area contributed by atoms with Gasteiger partial charge in [-0.2, -0.15) is 21.6 Å². The van der Waals surface area contributed by atoms with Crippen LogP contribution in [0, 0.1) is 5.82 Å². The molecule has 1 aromatic carbocycles. The number of nitrogens with zero attached hydrogens (tertiary/aromatic N) is 3. The Morgan fingerprint density at radius 1 is 1.25 bits per heavy atom. The zero-order valence-corrected chi connectivity index (χ0v) is 12.5. The lowest BCUT2D eigenvalue weighted by molar-refractivity contribution is -0.0500. The molecule has 0 aliphatic heterocycles. The van der Waals surface area contributed by atoms with E-state index in [0.29, 0.717) is 0 Å². The zero-order valence-electron chi connectivity index (χ0n) is 11.7. The second-order valence-corrected chi connectivity index (χ2v) is 6.03. The molecule has 0 spiro atoms. The molecule has 0 saturated carbocycles. The molecule has 0 aliphatic carbocycles. The highest BCUT2D eigenvalue weighted by Gasteiger charge is 2.49. The number of rotatable bonds is 3. The van der Waals surface area contributed by atoms with Gasteiger partial charge in [-0.1, -0.05) is 0 Å². The standard InChI is InChI=1S/C12H7F4N3O4S/c1-22-8-5-6(13)4-7-9(8)18-11(10-17-2-3-19(7)10)23-24(20,21)12(14,15)16/h2-5H,1H3. The Bertz CT molecular complexity index is 1050. The number of benzene rings is 1. The molecule has 0 bridgehead atoms. The van der Waals surface area contributed by atoms with Crippen molar-refractivity contribution in [3.8, 4) is 11.6 Å². The van der Waals surface area contributed by atoms with Crippen molar-refractivity contribution in [2.45, 2.75) is 5.51 Å². The molecule has 128 valence electrons. The third kappa shape index (κ3) is 2.48. The lowest BCUT2D eigenvalue weighted by Crippen LogP contribution is -2.28. The van der Waals surface area contributed by atoms with E-state index in [-0.39, 0.29) is 22.4 Å². The van der Waals surface area contributed by atoms with Crippen LogP contribution in [-0.4, -0.2) is 35.4 Å². The number of methoxy groups -OCH3 is 1. The minimum Gasteiger partial charge on any atom is -0.494 e. The SMILES string of the molecule is COc1cc(F)cc2c1nc(OS(=O)(=O)C(F)(F)F)c1nccn12. The Labute approximate surface area is 131 Å². The van der Waals surface area contributed by atoms with Gasteiger partial charge < -0.3 is 8.92 Å². The van der Waals surface area contributed by atoms with E-state index in [1.165, 1.54) is 19.5 Å². The Morgan fingerprint density at radius 2 is 1.96 bits per heavy atom. The van der Waals surface area contributed by atoms with E-state index in [2.05, 4.69) is 14.2 Å². The van der Waals surface area contributed by atoms with Crippen molar-refractivity contribution in [2.75, 3.05) is 7.11 Å². The number of hydrogen-bond donors (Lipinski definition) is 0. The molecule has 0 aliphatic rings. The Balaban J connectivity index is 2.32. The van der Waals surface area contributed by atoms with E-state index >= 15 is 0 Å². The van der Waals surface area contributed by atoms with Crippen LogP contribution in [0.4, 0.5) is 17.6 Å². The van der Waals surface area contributed by atoms with Crippen molar-refractivity contribution >= 4 is 26.8 Å². The third-order valence-corrected chi connectivity index (χ3v) is 3.96. The van der Waals surface area contributed by atoms with E-state index in [1.807, 2.05) is 0 Å². The summed E-state index contributed by atoms with van der Waals surface area (Å²) in [5, 5.41) is 0. The third-order valence-electron chi connectivity index (χ3n) is 3.02. The summed E-state index contributed by atoms with van der Waals surface area (Å²) >= 11 is 0. The van der Waals surface area contributed by atoms with Crippen molar-refractivity contribution in [3.63, 3.8) is 0 Å². The van der Waals surface area contributed by atoms with E-state index in [4.69, 9.17) is 4.74 Å². The predicted molar refractivity (Wildman–Crippen MR) is 72.6 cm³/mol. The van der Waals surface area contributed by atoms with Crippen LogP contribution >= 0.6 is 0 Å². The quantitative estimate of drug-likeness (QED) is 0.402. The normalized spacial score (nSPS) is 12.7. The van der Waals surface area contributed by atoms with Crippen molar-refractivity contribution in [3.05, 3.63) is 30.3 Å². The van der Waals surface area contributed by atoms with Gasteiger partial charge in [0.15, 0.2) is 0 Å². The number of ether oxygens (including phenoxy) is 1. The summed E-state index contributed by atoms with van der Waals surface area (Å²) in [5.74, 6) is -1.71. The number of fused-ring (bicyclic) bond motifs is 3. The lowest BCUT2D eigenvalue weighted by Gasteiger charge is -2.12. The molecule has 0 atom stereocenters. The first-order chi connectivity index (χ1) is 11.1. The number of hydrogen-bond acceptors (Lipinski definition) is 6. The highest BCUT2D eigenvalue weighted by molar-refractivity contribution is 7.88. The Morgan fingerprint density at radius 3 is 2.58 bits per heavy atom. The van der Waals surface area contributed by atoms with Gasteiger partial charge in [0.2, 0.25) is 5.65 Å². The van der Waals surface area contributed by atoms with Gasteiger partial charge in [-0.25, -0.2) is 14.4 Å². The van der Waals surface area contributed by atoms with E-state index in [9.17, 15) is 26.0 Å². The maximum Gasteiger partial charge on any atom is 0.534 e. The summed E-state index contributed by atoms with van der Waals surface area (Å²) in [4.78, 5) is 7.41. The van der Waals surface area contributed by atoms with Crippen LogP contribution < -0.4 is 8.92 Å². The fraction of sp³-hybridized carbons (Fsp3) is 0.167. The van der Waals surface area contributed by atoms with Crippen molar-refractivity contribution in [1.29, 1.82) is 0 Å². The molecule has 3 aromatic rings. The highest BCUT2D eigenvalue weighted by Crippen LogP contribution is 2.32. The summed E-state index contributed by atoms with van der Waals surface area (Å²) in [5.41, 5.74) is -5.96. The van der Waals surface area contributed by atoms with Crippen LogP contribution in [0.15, 0.2) is 24.5 Å². The molecule has 0 fully saturated rings. The summed E-state index contributed by atoms with van der Waals surface area (Å²) in [6, 6.07) is 1.99. The molecule has 0 saturated heterocycles. The fourth-order valence-electron chi connectivity index (χ4n) is 2.03. The van der Waals surface area contributed by atoms with Crippen molar-refractivity contribution < 1.29 is 34.9 Å². The first-order valence-electron chi connectivity index (χ1n) is 6.15. The number of imidazole rings is 1. The summed E-state index contributed by atoms with van der Waals surface area (Å²) in [6.45, 7) is 0.